The van der Waals surface area contributed by atoms with Gasteiger partial charge in [-0.25, -0.2) is 0 Å². The number of hydrogen-bond donors (Lipinski definition) is 1. The van der Waals surface area contributed by atoms with Crippen molar-refractivity contribution >= 4 is 5.97 Å². The van der Waals surface area contributed by atoms with Crippen LogP contribution in [-0.2, 0) is 22.6 Å². The van der Waals surface area contributed by atoms with E-state index in [4.69, 9.17) is 5.26 Å². The van der Waals surface area contributed by atoms with Gasteiger partial charge < -0.3 is 14.6 Å². The monoisotopic (exact) mass is 303 g/mol. The highest BCUT2D eigenvalue weighted by molar-refractivity contribution is 5.74. The van der Waals surface area contributed by atoms with Crippen molar-refractivity contribution in [1.29, 1.82) is 5.26 Å². The molecule has 114 valence electrons. The topological polar surface area (TPSA) is 79.5 Å². The molecule has 21 heavy (non-hydrogen) atoms. The third-order valence-electron chi connectivity index (χ3n) is 2.45. The third kappa shape index (κ3) is 4.96. The number of benzene rings is 1. The van der Waals surface area contributed by atoms with Crippen LogP contribution < -0.4 is 4.74 Å². The van der Waals surface area contributed by atoms with E-state index in [1.54, 1.807) is 13.0 Å². The minimum Gasteiger partial charge on any atom is -0.466 e. The highest BCUT2D eigenvalue weighted by Crippen LogP contribution is 2.31. The van der Waals surface area contributed by atoms with Gasteiger partial charge in [-0.2, -0.15) is 5.26 Å². The first-order chi connectivity index (χ1) is 9.80. The average Bonchev–Trinajstić information content (AvgIpc) is 2.39. The Kier molecular flexibility index (Phi) is 5.55. The van der Waals surface area contributed by atoms with Gasteiger partial charge >= 0.3 is 12.3 Å². The quantitative estimate of drug-likeness (QED) is 0.842. The van der Waals surface area contributed by atoms with Crippen LogP contribution in [0.25, 0.3) is 0 Å². The van der Waals surface area contributed by atoms with Gasteiger partial charge in [-0.15, -0.1) is 13.2 Å². The molecule has 0 atom stereocenters. The molecule has 1 aromatic rings. The van der Waals surface area contributed by atoms with Gasteiger partial charge in [0.05, 0.1) is 31.3 Å². The van der Waals surface area contributed by atoms with E-state index in [0.29, 0.717) is 0 Å². The van der Waals surface area contributed by atoms with Crippen molar-refractivity contribution in [3.8, 4) is 11.8 Å². The van der Waals surface area contributed by atoms with Crippen LogP contribution in [-0.4, -0.2) is 24.0 Å². The second-order valence-electron chi connectivity index (χ2n) is 3.91. The minimum atomic E-state index is -4.98. The van der Waals surface area contributed by atoms with Crippen LogP contribution in [0.1, 0.15) is 23.6 Å². The molecule has 0 amide bonds. The fraction of sp³-hybridized carbons (Fsp3) is 0.385. The van der Waals surface area contributed by atoms with Gasteiger partial charge in [-0.3, -0.25) is 4.79 Å². The van der Waals surface area contributed by atoms with Crippen molar-refractivity contribution in [3.05, 3.63) is 28.8 Å². The number of aliphatic hydroxyl groups excluding tert-OH is 1. The fourth-order valence-electron chi connectivity index (χ4n) is 1.68. The number of esters is 1. The average molecular weight is 303 g/mol. The summed E-state index contributed by atoms with van der Waals surface area (Å²) in [5.41, 5.74) is -0.278. The normalized spacial score (nSPS) is 10.9. The predicted molar refractivity (Wildman–Crippen MR) is 64.1 cm³/mol. The molecule has 0 fully saturated rings. The molecule has 0 aliphatic carbocycles. The van der Waals surface area contributed by atoms with Gasteiger partial charge in [-0.05, 0) is 24.6 Å². The summed E-state index contributed by atoms with van der Waals surface area (Å²) in [6, 6.07) is 3.71. The van der Waals surface area contributed by atoms with Crippen LogP contribution in [0.2, 0.25) is 0 Å². The van der Waals surface area contributed by atoms with Crippen molar-refractivity contribution in [2.75, 3.05) is 6.61 Å². The zero-order valence-electron chi connectivity index (χ0n) is 11.0. The van der Waals surface area contributed by atoms with Crippen molar-refractivity contribution in [3.63, 3.8) is 0 Å². The standard InChI is InChI=1S/C13H12F3NO4/c1-2-20-12(19)5-10-9(7-18)3-8(6-17)4-11(10)21-13(14,15)16/h3-4,18H,2,5,7H2,1H3. The second kappa shape index (κ2) is 6.95. The van der Waals surface area contributed by atoms with Crippen LogP contribution in [0.3, 0.4) is 0 Å². The van der Waals surface area contributed by atoms with Gasteiger partial charge in [0.2, 0.25) is 0 Å². The van der Waals surface area contributed by atoms with E-state index in [1.165, 1.54) is 6.07 Å². The van der Waals surface area contributed by atoms with Crippen molar-refractivity contribution < 1.29 is 32.5 Å². The number of aliphatic hydroxyl groups is 1. The lowest BCUT2D eigenvalue weighted by atomic mass is 10.0. The van der Waals surface area contributed by atoms with E-state index in [1.807, 2.05) is 0 Å². The zero-order chi connectivity index (χ0) is 16.0. The number of hydrogen-bond acceptors (Lipinski definition) is 5. The van der Waals surface area contributed by atoms with Crippen LogP contribution in [0.5, 0.6) is 5.75 Å². The second-order valence-corrected chi connectivity index (χ2v) is 3.91. The molecule has 8 heteroatoms. The number of rotatable bonds is 5. The lowest BCUT2D eigenvalue weighted by Gasteiger charge is -2.16. The summed E-state index contributed by atoms with van der Waals surface area (Å²) < 4.78 is 45.7. The Labute approximate surface area is 118 Å². The molecular weight excluding hydrogens is 291 g/mol. The van der Waals surface area contributed by atoms with E-state index < -0.39 is 31.1 Å². The first-order valence-electron chi connectivity index (χ1n) is 5.88. The number of nitriles is 1. The maximum absolute atomic E-state index is 12.4. The Balaban J connectivity index is 3.29. The summed E-state index contributed by atoms with van der Waals surface area (Å²) in [6.07, 6.45) is -5.48. The predicted octanol–water partition coefficient (Wildman–Crippen LogP) is 2.05. The SMILES string of the molecule is CCOC(=O)Cc1c(CO)cc(C#N)cc1OC(F)(F)F. The van der Waals surface area contributed by atoms with E-state index >= 15 is 0 Å². The molecule has 0 bridgehead atoms. The molecule has 0 aromatic heterocycles. The van der Waals surface area contributed by atoms with Gasteiger partial charge in [0.15, 0.2) is 0 Å². The highest BCUT2D eigenvalue weighted by Gasteiger charge is 2.33. The van der Waals surface area contributed by atoms with Gasteiger partial charge in [0.1, 0.15) is 5.75 Å². The maximum atomic E-state index is 12.4. The van der Waals surface area contributed by atoms with Crippen LogP contribution in [0, 0.1) is 11.3 Å². The van der Waals surface area contributed by atoms with E-state index in [2.05, 4.69) is 9.47 Å². The number of nitrogens with zero attached hydrogens (tertiary/aromatic N) is 1. The zero-order valence-corrected chi connectivity index (χ0v) is 11.0. The van der Waals surface area contributed by atoms with E-state index in [0.717, 1.165) is 6.07 Å². The number of alkyl halides is 3. The molecule has 0 aliphatic rings. The molecule has 0 saturated heterocycles. The Morgan fingerprint density at radius 2 is 2.10 bits per heavy atom. The molecule has 1 aromatic carbocycles. The molecule has 1 rings (SSSR count). The van der Waals surface area contributed by atoms with Crippen molar-refractivity contribution in [1.82, 2.24) is 0 Å². The summed E-state index contributed by atoms with van der Waals surface area (Å²) in [7, 11) is 0. The largest absolute Gasteiger partial charge is 0.573 e. The molecule has 0 aliphatic heterocycles. The lowest BCUT2D eigenvalue weighted by Crippen LogP contribution is -2.20. The summed E-state index contributed by atoms with van der Waals surface area (Å²) >= 11 is 0. The van der Waals surface area contributed by atoms with Crippen molar-refractivity contribution in [2.24, 2.45) is 0 Å². The van der Waals surface area contributed by atoms with Crippen molar-refractivity contribution in [2.45, 2.75) is 26.3 Å². The Morgan fingerprint density at radius 3 is 2.57 bits per heavy atom. The molecule has 0 unspecified atom stereocenters. The Bertz CT molecular complexity index is 564. The summed E-state index contributed by atoms with van der Waals surface area (Å²) in [5.74, 6) is -1.46. The molecule has 0 radical (unpaired) electrons. The maximum Gasteiger partial charge on any atom is 0.573 e. The van der Waals surface area contributed by atoms with Gasteiger partial charge in [0, 0.05) is 5.56 Å². The summed E-state index contributed by atoms with van der Waals surface area (Å²) in [4.78, 5) is 11.4. The summed E-state index contributed by atoms with van der Waals surface area (Å²) in [6.45, 7) is 0.980. The van der Waals surface area contributed by atoms with Gasteiger partial charge in [-0.1, -0.05) is 0 Å². The lowest BCUT2D eigenvalue weighted by molar-refractivity contribution is -0.275. The van der Waals surface area contributed by atoms with E-state index in [9.17, 15) is 23.1 Å². The van der Waals surface area contributed by atoms with Crippen LogP contribution in [0.15, 0.2) is 12.1 Å². The number of carbonyl (C=O) groups is 1. The number of carbonyl (C=O) groups excluding carboxylic acids is 1. The first kappa shape index (κ1) is 16.8. The molecule has 5 nitrogen and oxygen atoms in total. The molecular formula is C13H12F3NO4. The Morgan fingerprint density at radius 1 is 1.43 bits per heavy atom. The molecule has 0 heterocycles. The van der Waals surface area contributed by atoms with Crippen LogP contribution in [0.4, 0.5) is 13.2 Å². The number of ether oxygens (including phenoxy) is 2. The third-order valence-corrected chi connectivity index (χ3v) is 2.45. The van der Waals surface area contributed by atoms with Crippen LogP contribution >= 0.6 is 0 Å². The minimum absolute atomic E-state index is 0.00125. The molecule has 0 saturated carbocycles. The fourth-order valence-corrected chi connectivity index (χ4v) is 1.68. The highest BCUT2D eigenvalue weighted by atomic mass is 19.4. The Hall–Kier alpha value is -2.27. The van der Waals surface area contributed by atoms with Gasteiger partial charge in [0.25, 0.3) is 0 Å². The first-order valence-corrected chi connectivity index (χ1v) is 5.88. The summed E-state index contributed by atoms with van der Waals surface area (Å²) in [5, 5.41) is 18.0. The molecule has 1 N–H and O–H groups in total. The van der Waals surface area contributed by atoms with E-state index in [-0.39, 0.29) is 23.3 Å². The molecule has 0 spiro atoms. The number of halogens is 3. The smallest absolute Gasteiger partial charge is 0.466 e.